The number of hydrogen-bond acceptors (Lipinski definition) is 4. The zero-order chi connectivity index (χ0) is 18.1. The van der Waals surface area contributed by atoms with Crippen LogP contribution in [0.25, 0.3) is 22.7 Å². The van der Waals surface area contributed by atoms with E-state index in [1.54, 1.807) is 12.3 Å². The number of carbonyl (C=O) groups is 1. The van der Waals surface area contributed by atoms with Gasteiger partial charge in [0, 0.05) is 23.0 Å². The Morgan fingerprint density at radius 2 is 1.88 bits per heavy atom. The highest BCUT2D eigenvalue weighted by atomic mass is 16.3. The zero-order valence-corrected chi connectivity index (χ0v) is 14.5. The summed E-state index contributed by atoms with van der Waals surface area (Å²) in [5.41, 5.74) is 5.53. The van der Waals surface area contributed by atoms with Crippen LogP contribution in [0, 0.1) is 13.8 Å². The molecule has 0 aliphatic rings. The number of anilines is 1. The number of nitrogens with one attached hydrogen (secondary N) is 1. The number of pyridine rings is 1. The molecule has 2 heterocycles. The van der Waals surface area contributed by atoms with E-state index < -0.39 is 0 Å². The fourth-order valence-electron chi connectivity index (χ4n) is 2.71. The van der Waals surface area contributed by atoms with Crippen molar-refractivity contribution in [3.8, 4) is 11.5 Å². The fourth-order valence-corrected chi connectivity index (χ4v) is 2.71. The largest absolute Gasteiger partial charge is 0.434 e. The first-order chi connectivity index (χ1) is 12.6. The van der Waals surface area contributed by atoms with E-state index in [0.29, 0.717) is 28.4 Å². The second-order valence-corrected chi connectivity index (χ2v) is 6.18. The van der Waals surface area contributed by atoms with E-state index in [-0.39, 0.29) is 5.91 Å². The number of rotatable bonds is 3. The molecule has 26 heavy (non-hydrogen) atoms. The van der Waals surface area contributed by atoms with E-state index in [4.69, 9.17) is 4.42 Å². The third-order valence-electron chi connectivity index (χ3n) is 4.30. The van der Waals surface area contributed by atoms with E-state index in [0.717, 1.165) is 16.7 Å². The lowest BCUT2D eigenvalue weighted by Gasteiger charge is -2.08. The van der Waals surface area contributed by atoms with Crippen molar-refractivity contribution in [3.63, 3.8) is 0 Å². The van der Waals surface area contributed by atoms with Gasteiger partial charge in [-0.1, -0.05) is 12.1 Å². The standard InChI is InChI=1S/C21H17N3O2/c1-13-8-9-15(11-14(13)2)20(25)23-17-6-3-5-16(12-17)21-24-19-18(26-21)7-4-10-22-19/h3-12H,1-2H3,(H,23,25). The minimum atomic E-state index is -0.149. The molecule has 1 amide bonds. The van der Waals surface area contributed by atoms with Crippen molar-refractivity contribution < 1.29 is 9.21 Å². The van der Waals surface area contributed by atoms with Crippen LogP contribution in [-0.4, -0.2) is 15.9 Å². The van der Waals surface area contributed by atoms with Gasteiger partial charge in [0.05, 0.1) is 0 Å². The maximum absolute atomic E-state index is 12.5. The number of aryl methyl sites for hydroxylation is 2. The number of nitrogens with zero attached hydrogens (tertiary/aromatic N) is 2. The van der Waals surface area contributed by atoms with E-state index in [9.17, 15) is 4.79 Å². The quantitative estimate of drug-likeness (QED) is 0.582. The van der Waals surface area contributed by atoms with E-state index in [2.05, 4.69) is 15.3 Å². The molecule has 5 heteroatoms. The molecule has 2 aromatic heterocycles. The summed E-state index contributed by atoms with van der Waals surface area (Å²) >= 11 is 0. The van der Waals surface area contributed by atoms with Crippen molar-refractivity contribution in [2.24, 2.45) is 0 Å². The van der Waals surface area contributed by atoms with Gasteiger partial charge in [0.1, 0.15) is 0 Å². The van der Waals surface area contributed by atoms with Gasteiger partial charge in [0.2, 0.25) is 5.89 Å². The molecular formula is C21H17N3O2. The fraction of sp³-hybridized carbons (Fsp3) is 0.0952. The molecule has 0 atom stereocenters. The molecule has 0 aliphatic heterocycles. The summed E-state index contributed by atoms with van der Waals surface area (Å²) in [6, 6.07) is 16.7. The molecule has 1 N–H and O–H groups in total. The van der Waals surface area contributed by atoms with Gasteiger partial charge in [0.25, 0.3) is 5.91 Å². The average molecular weight is 343 g/mol. The highest BCUT2D eigenvalue weighted by Crippen LogP contribution is 2.25. The molecule has 0 saturated heterocycles. The number of hydrogen-bond donors (Lipinski definition) is 1. The molecule has 0 unspecified atom stereocenters. The smallest absolute Gasteiger partial charge is 0.255 e. The summed E-state index contributed by atoms with van der Waals surface area (Å²) < 4.78 is 5.74. The highest BCUT2D eigenvalue weighted by Gasteiger charge is 2.11. The molecule has 2 aromatic carbocycles. The third-order valence-corrected chi connectivity index (χ3v) is 4.30. The van der Waals surface area contributed by atoms with Crippen molar-refractivity contribution in [1.29, 1.82) is 0 Å². The Hall–Kier alpha value is -3.47. The highest BCUT2D eigenvalue weighted by molar-refractivity contribution is 6.04. The molecule has 0 spiro atoms. The van der Waals surface area contributed by atoms with Crippen LogP contribution in [-0.2, 0) is 0 Å². The molecule has 5 nitrogen and oxygen atoms in total. The molecule has 0 aliphatic carbocycles. The summed E-state index contributed by atoms with van der Waals surface area (Å²) in [6.45, 7) is 4.02. The number of oxazole rings is 1. The predicted molar refractivity (Wildman–Crippen MR) is 101 cm³/mol. The van der Waals surface area contributed by atoms with E-state index in [1.165, 1.54) is 0 Å². The van der Waals surface area contributed by atoms with Gasteiger partial charge in [-0.3, -0.25) is 4.79 Å². The summed E-state index contributed by atoms with van der Waals surface area (Å²) in [4.78, 5) is 21.1. The Balaban J connectivity index is 1.61. The number of benzene rings is 2. The third kappa shape index (κ3) is 3.07. The second kappa shape index (κ2) is 6.44. The van der Waals surface area contributed by atoms with Crippen LogP contribution in [0.5, 0.6) is 0 Å². The Bertz CT molecular complexity index is 1080. The molecule has 128 valence electrons. The minimum absolute atomic E-state index is 0.149. The summed E-state index contributed by atoms with van der Waals surface area (Å²) in [5.74, 6) is 0.325. The molecule has 0 radical (unpaired) electrons. The van der Waals surface area contributed by atoms with Crippen molar-refractivity contribution in [1.82, 2.24) is 9.97 Å². The van der Waals surface area contributed by atoms with Crippen LogP contribution in [0.4, 0.5) is 5.69 Å². The Morgan fingerprint density at radius 3 is 2.69 bits per heavy atom. The Morgan fingerprint density at radius 1 is 1.00 bits per heavy atom. The Labute approximate surface area is 150 Å². The SMILES string of the molecule is Cc1ccc(C(=O)Nc2cccc(-c3nc4ncccc4o3)c2)cc1C. The van der Waals surface area contributed by atoms with E-state index in [1.807, 2.05) is 62.4 Å². The van der Waals surface area contributed by atoms with Gasteiger partial charge in [0.15, 0.2) is 11.2 Å². The lowest BCUT2D eigenvalue weighted by molar-refractivity contribution is 0.102. The first-order valence-corrected chi connectivity index (χ1v) is 8.31. The normalized spacial score (nSPS) is 10.8. The molecule has 0 saturated carbocycles. The second-order valence-electron chi connectivity index (χ2n) is 6.18. The zero-order valence-electron chi connectivity index (χ0n) is 14.5. The molecule has 0 bridgehead atoms. The van der Waals surface area contributed by atoms with Gasteiger partial charge < -0.3 is 9.73 Å². The average Bonchev–Trinajstić information content (AvgIpc) is 3.08. The van der Waals surface area contributed by atoms with Crippen LogP contribution in [0.2, 0.25) is 0 Å². The van der Waals surface area contributed by atoms with Crippen LogP contribution in [0.15, 0.2) is 65.2 Å². The van der Waals surface area contributed by atoms with Crippen molar-refractivity contribution in [2.75, 3.05) is 5.32 Å². The van der Waals surface area contributed by atoms with Gasteiger partial charge in [-0.25, -0.2) is 4.98 Å². The van der Waals surface area contributed by atoms with Crippen molar-refractivity contribution in [2.45, 2.75) is 13.8 Å². The van der Waals surface area contributed by atoms with Crippen LogP contribution in [0.3, 0.4) is 0 Å². The first-order valence-electron chi connectivity index (χ1n) is 8.31. The maximum Gasteiger partial charge on any atom is 0.255 e. The van der Waals surface area contributed by atoms with E-state index >= 15 is 0 Å². The lowest BCUT2D eigenvalue weighted by Crippen LogP contribution is -2.12. The number of carbonyl (C=O) groups excluding carboxylic acids is 1. The maximum atomic E-state index is 12.5. The van der Waals surface area contributed by atoms with Crippen LogP contribution >= 0.6 is 0 Å². The first kappa shape index (κ1) is 16.0. The van der Waals surface area contributed by atoms with Crippen molar-refractivity contribution >= 4 is 22.8 Å². The minimum Gasteiger partial charge on any atom is -0.434 e. The molecular weight excluding hydrogens is 326 g/mol. The lowest BCUT2D eigenvalue weighted by atomic mass is 10.1. The van der Waals surface area contributed by atoms with Gasteiger partial charge in [-0.2, -0.15) is 4.98 Å². The van der Waals surface area contributed by atoms with Gasteiger partial charge in [-0.15, -0.1) is 0 Å². The van der Waals surface area contributed by atoms with Gasteiger partial charge >= 0.3 is 0 Å². The summed E-state index contributed by atoms with van der Waals surface area (Å²) in [7, 11) is 0. The van der Waals surface area contributed by atoms with Gasteiger partial charge in [-0.05, 0) is 67.4 Å². The topological polar surface area (TPSA) is 68.0 Å². The number of aromatic nitrogens is 2. The van der Waals surface area contributed by atoms with Crippen molar-refractivity contribution in [3.05, 3.63) is 77.5 Å². The molecule has 4 rings (SSSR count). The van der Waals surface area contributed by atoms with Crippen LogP contribution in [0.1, 0.15) is 21.5 Å². The summed E-state index contributed by atoms with van der Waals surface area (Å²) in [6.07, 6.45) is 1.68. The molecule has 0 fully saturated rings. The van der Waals surface area contributed by atoms with Crippen LogP contribution < -0.4 is 5.32 Å². The monoisotopic (exact) mass is 343 g/mol. The number of amides is 1. The Kier molecular flexibility index (Phi) is 3.97. The summed E-state index contributed by atoms with van der Waals surface area (Å²) in [5, 5.41) is 2.92. The number of fused-ring (bicyclic) bond motifs is 1. The molecule has 4 aromatic rings. The predicted octanol–water partition coefficient (Wildman–Crippen LogP) is 4.76.